The highest BCUT2D eigenvalue weighted by Gasteiger charge is 2.38. The van der Waals surface area contributed by atoms with Gasteiger partial charge in [0.2, 0.25) is 0 Å². The minimum atomic E-state index is -0.606. The number of amides is 1. The number of hydrogen-bond acceptors (Lipinski definition) is 4. The van der Waals surface area contributed by atoms with E-state index in [1.807, 2.05) is 46.8 Å². The number of likely N-dealkylation sites (tertiary alicyclic amines) is 1. The molecule has 1 heterocycles. The Morgan fingerprint density at radius 3 is 2.21 bits per heavy atom. The molecule has 0 saturated carbocycles. The van der Waals surface area contributed by atoms with Crippen molar-refractivity contribution in [3.05, 3.63) is 28.4 Å². The molecule has 1 aliphatic heterocycles. The third-order valence-electron chi connectivity index (χ3n) is 5.52. The minimum absolute atomic E-state index is 0.189. The van der Waals surface area contributed by atoms with Crippen LogP contribution < -0.4 is 0 Å². The summed E-state index contributed by atoms with van der Waals surface area (Å²) >= 11 is 6.65. The maximum Gasteiger partial charge on any atom is 0.410 e. The summed E-state index contributed by atoms with van der Waals surface area (Å²) in [7, 11) is 0. The van der Waals surface area contributed by atoms with Gasteiger partial charge >= 0.3 is 12.1 Å². The number of piperidine rings is 1. The van der Waals surface area contributed by atoms with Gasteiger partial charge in [-0.25, -0.2) is 9.59 Å². The van der Waals surface area contributed by atoms with Gasteiger partial charge in [0, 0.05) is 29.7 Å². The van der Waals surface area contributed by atoms with Crippen LogP contribution in [0.25, 0.3) is 0 Å². The number of ether oxygens (including phenoxy) is 2. The van der Waals surface area contributed by atoms with E-state index in [4.69, 9.17) is 9.47 Å². The van der Waals surface area contributed by atoms with Crippen molar-refractivity contribution in [2.45, 2.75) is 65.1 Å². The van der Waals surface area contributed by atoms with Crippen LogP contribution in [0.2, 0.25) is 0 Å². The molecule has 29 heavy (non-hydrogen) atoms. The van der Waals surface area contributed by atoms with Crippen LogP contribution in [0.4, 0.5) is 4.79 Å². The molecular weight excluding hydrogens is 711 g/mol. The van der Waals surface area contributed by atoms with Crippen molar-refractivity contribution >= 4 is 79.8 Å². The van der Waals surface area contributed by atoms with Crippen LogP contribution in [0.15, 0.2) is 12.1 Å². The summed E-state index contributed by atoms with van der Waals surface area (Å²) in [5, 5.41) is 0. The molecule has 0 N–H and O–H groups in total. The highest BCUT2D eigenvalue weighted by Crippen LogP contribution is 2.33. The van der Waals surface area contributed by atoms with Gasteiger partial charge in [0.25, 0.3) is 0 Å². The van der Waals surface area contributed by atoms with E-state index in [-0.39, 0.29) is 18.0 Å². The first kappa shape index (κ1) is 25.4. The molecule has 0 atom stereocenters. The molecule has 2 rings (SSSR count). The average Bonchev–Trinajstić information content (AvgIpc) is 2.64. The molecule has 8 heteroatoms. The Morgan fingerprint density at radius 1 is 1.07 bits per heavy atom. The number of carbonyl (C=O) groups excluding carboxylic acids is 2. The molecule has 5 nitrogen and oxygen atoms in total. The lowest BCUT2D eigenvalue weighted by atomic mass is 9.83. The third kappa shape index (κ3) is 6.81. The number of hydrogen-bond donors (Lipinski definition) is 0. The number of benzene rings is 1. The molecule has 0 unspecified atom stereocenters. The SMILES string of the molecule is CCC(C)(C)OC(=O)N1CCC(C(C)(C)OC(=O)c2cc(I)cc(I)c2I)CC1. The lowest BCUT2D eigenvalue weighted by molar-refractivity contribution is -0.0489. The summed E-state index contributed by atoms with van der Waals surface area (Å²) in [5.41, 5.74) is -0.450. The fourth-order valence-corrected chi connectivity index (χ4v) is 5.59. The van der Waals surface area contributed by atoms with Crippen LogP contribution in [-0.4, -0.2) is 41.3 Å². The van der Waals surface area contributed by atoms with Crippen molar-refractivity contribution in [1.82, 2.24) is 4.90 Å². The monoisotopic (exact) mass is 739 g/mol. The second-order valence-electron chi connectivity index (χ2n) is 8.48. The molecule has 0 radical (unpaired) electrons. The Hall–Kier alpha value is 0.150. The average molecular weight is 739 g/mol. The maximum atomic E-state index is 12.9. The number of nitrogens with zero attached hydrogens (tertiary/aromatic N) is 1. The zero-order valence-corrected chi connectivity index (χ0v) is 24.0. The Bertz CT molecular complexity index is 771. The fourth-order valence-electron chi connectivity index (χ4n) is 3.21. The van der Waals surface area contributed by atoms with Crippen LogP contribution in [-0.2, 0) is 9.47 Å². The van der Waals surface area contributed by atoms with Gasteiger partial charge in [0.15, 0.2) is 0 Å². The molecule has 1 amide bonds. The van der Waals surface area contributed by atoms with Crippen LogP contribution in [0.5, 0.6) is 0 Å². The van der Waals surface area contributed by atoms with E-state index in [9.17, 15) is 9.59 Å². The van der Waals surface area contributed by atoms with Gasteiger partial charge in [0.1, 0.15) is 11.2 Å². The van der Waals surface area contributed by atoms with E-state index in [1.54, 1.807) is 4.90 Å². The zero-order valence-electron chi connectivity index (χ0n) is 17.5. The minimum Gasteiger partial charge on any atom is -0.456 e. The van der Waals surface area contributed by atoms with E-state index in [0.717, 1.165) is 30.0 Å². The predicted molar refractivity (Wildman–Crippen MR) is 139 cm³/mol. The van der Waals surface area contributed by atoms with Gasteiger partial charge in [0.05, 0.1) is 5.56 Å². The normalized spacial score (nSPS) is 15.9. The molecule has 162 valence electrons. The van der Waals surface area contributed by atoms with Crippen molar-refractivity contribution in [1.29, 1.82) is 0 Å². The molecule has 1 fully saturated rings. The molecule has 0 aliphatic carbocycles. The molecule has 0 spiro atoms. The third-order valence-corrected chi connectivity index (χ3v) is 9.19. The second-order valence-corrected chi connectivity index (χ2v) is 12.0. The van der Waals surface area contributed by atoms with Gasteiger partial charge in [-0.05, 0) is 127 Å². The van der Waals surface area contributed by atoms with Crippen molar-refractivity contribution in [2.24, 2.45) is 5.92 Å². The number of rotatable bonds is 5. The van der Waals surface area contributed by atoms with Crippen molar-refractivity contribution in [2.75, 3.05) is 13.1 Å². The van der Waals surface area contributed by atoms with Crippen molar-refractivity contribution in [3.63, 3.8) is 0 Å². The largest absolute Gasteiger partial charge is 0.456 e. The van der Waals surface area contributed by atoms with Gasteiger partial charge in [-0.3, -0.25) is 0 Å². The van der Waals surface area contributed by atoms with E-state index in [0.29, 0.717) is 18.7 Å². The summed E-state index contributed by atoms with van der Waals surface area (Å²) < 4.78 is 14.5. The molecular formula is C21H28I3NO4. The van der Waals surface area contributed by atoms with Crippen LogP contribution >= 0.6 is 67.8 Å². The Balaban J connectivity index is 1.99. The highest BCUT2D eigenvalue weighted by atomic mass is 127. The molecule has 1 aliphatic rings. The quantitative estimate of drug-likeness (QED) is 0.198. The summed E-state index contributed by atoms with van der Waals surface area (Å²) in [6.07, 6.45) is 2.08. The Labute approximate surface area is 214 Å². The summed E-state index contributed by atoms with van der Waals surface area (Å²) in [6.45, 7) is 11.0. The number of carbonyl (C=O) groups is 2. The van der Waals surface area contributed by atoms with Crippen molar-refractivity contribution in [3.8, 4) is 0 Å². The number of esters is 1. The molecule has 0 bridgehead atoms. The molecule has 1 saturated heterocycles. The smallest absolute Gasteiger partial charge is 0.410 e. The lowest BCUT2D eigenvalue weighted by Gasteiger charge is -2.40. The molecule has 0 aromatic heterocycles. The first-order valence-electron chi connectivity index (χ1n) is 9.72. The van der Waals surface area contributed by atoms with Gasteiger partial charge < -0.3 is 14.4 Å². The van der Waals surface area contributed by atoms with Gasteiger partial charge in [-0.15, -0.1) is 0 Å². The van der Waals surface area contributed by atoms with Crippen LogP contribution in [0, 0.1) is 16.6 Å². The molecule has 1 aromatic rings. The zero-order chi connectivity index (χ0) is 22.0. The topological polar surface area (TPSA) is 55.8 Å². The first-order chi connectivity index (χ1) is 13.4. The van der Waals surface area contributed by atoms with E-state index in [1.165, 1.54) is 0 Å². The van der Waals surface area contributed by atoms with E-state index < -0.39 is 11.2 Å². The summed E-state index contributed by atoms with van der Waals surface area (Å²) in [4.78, 5) is 27.0. The van der Waals surface area contributed by atoms with Gasteiger partial charge in [-0.1, -0.05) is 6.92 Å². The standard InChI is InChI=1S/C21H28I3NO4/c1-6-20(2,3)29-19(27)25-9-7-13(8-10-25)21(4,5)28-18(26)15-11-14(22)12-16(23)17(15)24/h11-13H,6-10H2,1-5H3. The van der Waals surface area contributed by atoms with Crippen molar-refractivity contribution < 1.29 is 19.1 Å². The summed E-state index contributed by atoms with van der Waals surface area (Å²) in [6, 6.07) is 3.91. The fraction of sp³-hybridized carbons (Fsp3) is 0.619. The molecule has 1 aromatic carbocycles. The lowest BCUT2D eigenvalue weighted by Crippen LogP contribution is -2.47. The van der Waals surface area contributed by atoms with Crippen LogP contribution in [0.1, 0.15) is 64.2 Å². The van der Waals surface area contributed by atoms with E-state index >= 15 is 0 Å². The number of halogens is 3. The van der Waals surface area contributed by atoms with E-state index in [2.05, 4.69) is 67.8 Å². The predicted octanol–water partition coefficient (Wildman–Crippen LogP) is 6.47. The first-order valence-corrected chi connectivity index (χ1v) is 13.0. The van der Waals surface area contributed by atoms with Gasteiger partial charge in [-0.2, -0.15) is 0 Å². The Morgan fingerprint density at radius 2 is 1.66 bits per heavy atom. The summed E-state index contributed by atoms with van der Waals surface area (Å²) in [5.74, 6) is -0.100. The maximum absolute atomic E-state index is 12.9. The highest BCUT2D eigenvalue weighted by molar-refractivity contribution is 14.1. The second kappa shape index (κ2) is 10.2. The Kier molecular flexibility index (Phi) is 8.92. The van der Waals surface area contributed by atoms with Crippen LogP contribution in [0.3, 0.4) is 0 Å².